The summed E-state index contributed by atoms with van der Waals surface area (Å²) in [6.45, 7) is 3.59. The van der Waals surface area contributed by atoms with Gasteiger partial charge >= 0.3 is 12.1 Å². The quantitative estimate of drug-likeness (QED) is 0.369. The number of carboxylic acids is 1. The van der Waals surface area contributed by atoms with Crippen molar-refractivity contribution in [3.05, 3.63) is 65.9 Å². The second-order valence-electron chi connectivity index (χ2n) is 8.34. The number of benzene rings is 2. The van der Waals surface area contributed by atoms with E-state index < -0.39 is 30.1 Å². The van der Waals surface area contributed by atoms with Crippen molar-refractivity contribution in [2.24, 2.45) is 5.92 Å². The van der Waals surface area contributed by atoms with E-state index in [1.54, 1.807) is 20.0 Å². The number of aromatic amines is 1. The Kier molecular flexibility index (Phi) is 7.76. The van der Waals surface area contributed by atoms with Gasteiger partial charge in [-0.25, -0.2) is 9.59 Å². The molecule has 1 heterocycles. The van der Waals surface area contributed by atoms with Crippen LogP contribution in [-0.4, -0.2) is 48.0 Å². The highest BCUT2D eigenvalue weighted by molar-refractivity contribution is 6.38. The predicted octanol–water partition coefficient (Wildman–Crippen LogP) is 1.49. The lowest BCUT2D eigenvalue weighted by molar-refractivity contribution is -0.142. The van der Waals surface area contributed by atoms with Crippen molar-refractivity contribution in [3.8, 4) is 0 Å². The number of carboxylic acid groups (broad SMARTS) is 1. The van der Waals surface area contributed by atoms with E-state index in [1.165, 1.54) is 0 Å². The first-order valence-corrected chi connectivity index (χ1v) is 10.8. The van der Waals surface area contributed by atoms with Gasteiger partial charge in [-0.3, -0.25) is 4.79 Å². The number of fused-ring (bicyclic) bond motifs is 1. The van der Waals surface area contributed by atoms with Crippen LogP contribution in [0.25, 0.3) is 10.9 Å². The average Bonchev–Trinajstić information content (AvgIpc) is 3.20. The van der Waals surface area contributed by atoms with E-state index in [9.17, 15) is 19.5 Å². The lowest BCUT2D eigenvalue weighted by Gasteiger charge is -2.23. The van der Waals surface area contributed by atoms with Crippen LogP contribution in [0.3, 0.4) is 0 Å². The Morgan fingerprint density at radius 3 is 2.45 bits per heavy atom. The van der Waals surface area contributed by atoms with Crippen molar-refractivity contribution in [2.45, 2.75) is 39.0 Å². The second kappa shape index (κ2) is 10.7. The Morgan fingerprint density at radius 1 is 1.06 bits per heavy atom. The minimum absolute atomic E-state index is 0.0663. The summed E-state index contributed by atoms with van der Waals surface area (Å²) < 4.78 is 5.21. The minimum Gasteiger partial charge on any atom is -0.480 e. The van der Waals surface area contributed by atoms with Crippen LogP contribution in [0.1, 0.15) is 25.0 Å². The van der Waals surface area contributed by atoms with Crippen LogP contribution in [0.4, 0.5) is 4.79 Å². The molecule has 0 aliphatic rings. The van der Waals surface area contributed by atoms with Crippen molar-refractivity contribution in [1.29, 1.82) is 0 Å². The molecule has 0 saturated heterocycles. The molecule has 0 fully saturated rings. The summed E-state index contributed by atoms with van der Waals surface area (Å²) in [5, 5.41) is 15.8. The van der Waals surface area contributed by atoms with Gasteiger partial charge < -0.3 is 25.5 Å². The van der Waals surface area contributed by atoms with Crippen molar-refractivity contribution < 1.29 is 24.2 Å². The zero-order chi connectivity index (χ0) is 24.0. The molecule has 0 saturated carbocycles. The van der Waals surface area contributed by atoms with Crippen LogP contribution in [0.5, 0.6) is 0 Å². The van der Waals surface area contributed by atoms with Gasteiger partial charge in [0.05, 0.1) is 0 Å². The number of rotatable bonds is 9. The van der Waals surface area contributed by atoms with E-state index in [0.29, 0.717) is 0 Å². The standard InChI is InChI=1S/C24H28BN3O5/c1-14(2)20(28-24(32)33-13-15-7-4-3-5-8-15)22(29)27-19(23(30)31)11-16-12-26-21-17(16)9-6-10-18(21)25/h3-10,12,14,19-20,26H,11,13,25H2,1-2H3,(H,27,29)(H,28,32)(H,30,31)/t19?,20-/m0/s1. The van der Waals surface area contributed by atoms with Gasteiger partial charge in [-0.15, -0.1) is 0 Å². The number of carbonyl (C=O) groups is 3. The summed E-state index contributed by atoms with van der Waals surface area (Å²) in [4.78, 5) is 40.2. The SMILES string of the molecule is Bc1cccc2c(CC(NC(=O)[C@@H](NC(=O)OCc3ccccc3)C(C)C)C(=O)O)c[nH]c12. The van der Waals surface area contributed by atoms with Crippen molar-refractivity contribution >= 4 is 42.2 Å². The Balaban J connectivity index is 1.65. The highest BCUT2D eigenvalue weighted by Gasteiger charge is 2.29. The molecule has 1 aromatic heterocycles. The number of aromatic nitrogens is 1. The zero-order valence-electron chi connectivity index (χ0n) is 18.9. The zero-order valence-corrected chi connectivity index (χ0v) is 18.9. The lowest BCUT2D eigenvalue weighted by atomic mass is 9.92. The topological polar surface area (TPSA) is 121 Å². The monoisotopic (exact) mass is 449 g/mol. The van der Waals surface area contributed by atoms with E-state index in [0.717, 1.165) is 27.5 Å². The number of para-hydroxylation sites is 1. The molecule has 33 heavy (non-hydrogen) atoms. The molecule has 1 unspecified atom stereocenters. The van der Waals surface area contributed by atoms with E-state index >= 15 is 0 Å². The van der Waals surface area contributed by atoms with Crippen molar-refractivity contribution in [2.75, 3.05) is 0 Å². The molecule has 0 aliphatic heterocycles. The van der Waals surface area contributed by atoms with Gasteiger partial charge in [0, 0.05) is 23.5 Å². The average molecular weight is 449 g/mol. The molecule has 0 spiro atoms. The van der Waals surface area contributed by atoms with Crippen molar-refractivity contribution in [3.63, 3.8) is 0 Å². The molecule has 9 heteroatoms. The largest absolute Gasteiger partial charge is 0.480 e. The Morgan fingerprint density at radius 2 is 1.79 bits per heavy atom. The first kappa shape index (κ1) is 23.9. The van der Waals surface area contributed by atoms with Crippen LogP contribution in [0.2, 0.25) is 0 Å². The highest BCUT2D eigenvalue weighted by atomic mass is 16.5. The summed E-state index contributed by atoms with van der Waals surface area (Å²) in [6.07, 6.45) is 1.12. The molecule has 2 atom stereocenters. The van der Waals surface area contributed by atoms with E-state index in [-0.39, 0.29) is 18.9 Å². The van der Waals surface area contributed by atoms with E-state index in [2.05, 4.69) is 15.6 Å². The Labute approximate surface area is 193 Å². The molecule has 2 amide bonds. The molecule has 4 N–H and O–H groups in total. The first-order valence-electron chi connectivity index (χ1n) is 10.8. The number of H-pyrrole nitrogens is 1. The number of nitrogens with one attached hydrogen (secondary N) is 3. The van der Waals surface area contributed by atoms with E-state index in [4.69, 9.17) is 4.74 Å². The fourth-order valence-electron chi connectivity index (χ4n) is 3.64. The number of alkyl carbamates (subject to hydrolysis) is 1. The third-order valence-electron chi connectivity index (χ3n) is 5.48. The summed E-state index contributed by atoms with van der Waals surface area (Å²) in [6, 6.07) is 12.9. The summed E-state index contributed by atoms with van der Waals surface area (Å²) in [7, 11) is 1.97. The molecule has 8 nitrogen and oxygen atoms in total. The smallest absolute Gasteiger partial charge is 0.408 e. The van der Waals surface area contributed by atoms with Gasteiger partial charge in [-0.2, -0.15) is 0 Å². The second-order valence-corrected chi connectivity index (χ2v) is 8.34. The van der Waals surface area contributed by atoms with Crippen LogP contribution in [0, 0.1) is 5.92 Å². The van der Waals surface area contributed by atoms with Crippen LogP contribution < -0.4 is 16.1 Å². The number of ether oxygens (including phenoxy) is 1. The molecular weight excluding hydrogens is 421 g/mol. The molecule has 0 bridgehead atoms. The van der Waals surface area contributed by atoms with Crippen LogP contribution in [-0.2, 0) is 27.4 Å². The molecular formula is C24H28BN3O5. The summed E-state index contributed by atoms with van der Waals surface area (Å²) in [5.41, 5.74) is 3.59. The minimum atomic E-state index is -1.15. The summed E-state index contributed by atoms with van der Waals surface area (Å²) >= 11 is 0. The predicted molar refractivity (Wildman–Crippen MR) is 128 cm³/mol. The normalized spacial score (nSPS) is 12.8. The third kappa shape index (κ3) is 6.15. The number of aliphatic carboxylic acids is 1. The van der Waals surface area contributed by atoms with Gasteiger partial charge in [0.2, 0.25) is 5.91 Å². The fourth-order valence-corrected chi connectivity index (χ4v) is 3.64. The van der Waals surface area contributed by atoms with Gasteiger partial charge in [0.15, 0.2) is 0 Å². The maximum atomic E-state index is 12.9. The number of carbonyl (C=O) groups excluding carboxylic acids is 2. The molecule has 2 aromatic carbocycles. The lowest BCUT2D eigenvalue weighted by Crippen LogP contribution is -2.54. The Hall–Kier alpha value is -3.75. The molecule has 0 radical (unpaired) electrons. The summed E-state index contributed by atoms with van der Waals surface area (Å²) in [5.74, 6) is -2.01. The van der Waals surface area contributed by atoms with Gasteiger partial charge in [0.25, 0.3) is 0 Å². The third-order valence-corrected chi connectivity index (χ3v) is 5.48. The van der Waals surface area contributed by atoms with E-state index in [1.807, 2.05) is 56.4 Å². The van der Waals surface area contributed by atoms with Gasteiger partial charge in [-0.05, 0) is 17.0 Å². The number of hydrogen-bond donors (Lipinski definition) is 4. The van der Waals surface area contributed by atoms with Crippen LogP contribution in [0.15, 0.2) is 54.7 Å². The van der Waals surface area contributed by atoms with Crippen LogP contribution >= 0.6 is 0 Å². The molecule has 0 aliphatic carbocycles. The number of amides is 2. The molecule has 172 valence electrons. The first-order chi connectivity index (χ1) is 15.8. The molecule has 3 rings (SSSR count). The Bertz CT molecular complexity index is 1130. The number of hydrogen-bond acceptors (Lipinski definition) is 4. The van der Waals surface area contributed by atoms with Crippen molar-refractivity contribution in [1.82, 2.24) is 15.6 Å². The van der Waals surface area contributed by atoms with Gasteiger partial charge in [0.1, 0.15) is 26.5 Å². The fraction of sp³-hybridized carbons (Fsp3) is 0.292. The highest BCUT2D eigenvalue weighted by Crippen LogP contribution is 2.18. The van der Waals surface area contributed by atoms with Gasteiger partial charge in [-0.1, -0.05) is 67.8 Å². The maximum absolute atomic E-state index is 12.9. The maximum Gasteiger partial charge on any atom is 0.408 e. The molecule has 3 aromatic rings.